The third kappa shape index (κ3) is 5.91. The molecule has 1 saturated heterocycles. The molecule has 1 N–H and O–H groups in total. The molecule has 2 aliphatic rings. The van der Waals surface area contributed by atoms with Gasteiger partial charge in [-0.3, -0.25) is 9.69 Å². The summed E-state index contributed by atoms with van der Waals surface area (Å²) in [5, 5.41) is 2.91. The van der Waals surface area contributed by atoms with Gasteiger partial charge in [0, 0.05) is 45.8 Å². The van der Waals surface area contributed by atoms with E-state index in [0.717, 1.165) is 45.1 Å². The largest absolute Gasteiger partial charge is 0.355 e. The molecule has 0 unspecified atom stereocenters. The predicted octanol–water partition coefficient (Wildman–Crippen LogP) is 1.03. The zero-order valence-electron chi connectivity index (χ0n) is 15.7. The molecule has 0 spiro atoms. The van der Waals surface area contributed by atoms with Crippen LogP contribution in [0.5, 0.6) is 0 Å². The summed E-state index contributed by atoms with van der Waals surface area (Å²) in [5.41, 5.74) is 0. The monoisotopic (exact) mass is 374 g/mol. The van der Waals surface area contributed by atoms with Crippen LogP contribution < -0.4 is 5.32 Å². The van der Waals surface area contributed by atoms with Gasteiger partial charge in [0.05, 0.1) is 6.54 Å². The highest BCUT2D eigenvalue weighted by Gasteiger charge is 2.34. The van der Waals surface area contributed by atoms with Crippen LogP contribution in [0.3, 0.4) is 0 Å². The Hall–Kier alpha value is -0.700. The van der Waals surface area contributed by atoms with Crippen LogP contribution in [-0.2, 0) is 15.0 Å². The third-order valence-corrected chi connectivity index (χ3v) is 7.37. The second-order valence-corrected chi connectivity index (χ2v) is 9.18. The summed E-state index contributed by atoms with van der Waals surface area (Å²) in [4.78, 5) is 13.9. The number of carbonyl (C=O) groups excluding carboxylic acids is 1. The zero-order chi connectivity index (χ0) is 18.3. The lowest BCUT2D eigenvalue weighted by Gasteiger charge is -2.38. The number of unbranched alkanes of at least 4 members (excludes halogenated alkanes) is 1. The summed E-state index contributed by atoms with van der Waals surface area (Å²) in [6, 6.07) is 0.140. The Bertz CT molecular complexity index is 512. The Kier molecular flexibility index (Phi) is 8.12. The van der Waals surface area contributed by atoms with Crippen molar-refractivity contribution in [2.24, 2.45) is 0 Å². The van der Waals surface area contributed by atoms with E-state index in [-0.39, 0.29) is 11.9 Å². The Morgan fingerprint density at radius 2 is 1.76 bits per heavy atom. The van der Waals surface area contributed by atoms with Crippen LogP contribution in [0.4, 0.5) is 0 Å². The van der Waals surface area contributed by atoms with Crippen molar-refractivity contribution in [2.45, 2.75) is 57.9 Å². The Balaban J connectivity index is 1.79. The van der Waals surface area contributed by atoms with E-state index in [0.29, 0.717) is 32.7 Å². The molecule has 1 aliphatic carbocycles. The number of piperazine rings is 1. The van der Waals surface area contributed by atoms with Crippen molar-refractivity contribution in [2.75, 3.05) is 46.3 Å². The van der Waals surface area contributed by atoms with Crippen molar-refractivity contribution < 1.29 is 13.2 Å². The number of rotatable bonds is 8. The second kappa shape index (κ2) is 9.85. The van der Waals surface area contributed by atoms with Crippen LogP contribution in [0.15, 0.2) is 0 Å². The maximum atomic E-state index is 12.8. The molecule has 1 aliphatic heterocycles. The fourth-order valence-electron chi connectivity index (χ4n) is 3.60. The van der Waals surface area contributed by atoms with Crippen molar-refractivity contribution in [3.05, 3.63) is 0 Å². The topological polar surface area (TPSA) is 73.0 Å². The molecule has 25 heavy (non-hydrogen) atoms. The number of nitrogens with one attached hydrogen (secondary N) is 1. The summed E-state index contributed by atoms with van der Waals surface area (Å²) in [7, 11) is -1.67. The minimum Gasteiger partial charge on any atom is -0.355 e. The van der Waals surface area contributed by atoms with Crippen LogP contribution in [-0.4, -0.2) is 80.2 Å². The van der Waals surface area contributed by atoms with Crippen molar-refractivity contribution in [3.8, 4) is 0 Å². The highest BCUT2D eigenvalue weighted by Crippen LogP contribution is 2.25. The van der Waals surface area contributed by atoms with Gasteiger partial charge in [-0.25, -0.2) is 0 Å². The minimum atomic E-state index is -3.39. The summed E-state index contributed by atoms with van der Waals surface area (Å²) >= 11 is 0. The molecule has 0 aromatic heterocycles. The first kappa shape index (κ1) is 20.6. The Morgan fingerprint density at radius 1 is 1.12 bits per heavy atom. The molecule has 1 amide bonds. The lowest BCUT2D eigenvalue weighted by Crippen LogP contribution is -2.55. The van der Waals surface area contributed by atoms with Crippen molar-refractivity contribution in [3.63, 3.8) is 0 Å². The molecule has 1 heterocycles. The molecular formula is C17H34N4O3S. The van der Waals surface area contributed by atoms with Gasteiger partial charge in [-0.2, -0.15) is 17.0 Å². The number of amides is 1. The van der Waals surface area contributed by atoms with Gasteiger partial charge in [-0.15, -0.1) is 0 Å². The number of hydrogen-bond acceptors (Lipinski definition) is 4. The molecular weight excluding hydrogens is 340 g/mol. The highest BCUT2D eigenvalue weighted by molar-refractivity contribution is 7.86. The van der Waals surface area contributed by atoms with Crippen LogP contribution in [0.1, 0.15) is 51.9 Å². The Morgan fingerprint density at radius 3 is 2.36 bits per heavy atom. The van der Waals surface area contributed by atoms with Gasteiger partial charge in [0.25, 0.3) is 10.2 Å². The maximum Gasteiger partial charge on any atom is 0.282 e. The van der Waals surface area contributed by atoms with E-state index in [9.17, 15) is 13.2 Å². The molecule has 1 saturated carbocycles. The number of carbonyl (C=O) groups is 1. The summed E-state index contributed by atoms with van der Waals surface area (Å²) < 4.78 is 28.8. The van der Waals surface area contributed by atoms with Gasteiger partial charge in [0.1, 0.15) is 0 Å². The number of nitrogens with zero attached hydrogens (tertiary/aromatic N) is 3. The summed E-state index contributed by atoms with van der Waals surface area (Å²) in [6.45, 7) is 5.31. The van der Waals surface area contributed by atoms with Gasteiger partial charge < -0.3 is 5.32 Å². The summed E-state index contributed by atoms with van der Waals surface area (Å²) in [5.74, 6) is 0.0316. The molecule has 0 aromatic carbocycles. The van der Waals surface area contributed by atoms with E-state index in [4.69, 9.17) is 0 Å². The zero-order valence-corrected chi connectivity index (χ0v) is 16.6. The first-order valence-electron chi connectivity index (χ1n) is 9.67. The maximum absolute atomic E-state index is 12.8. The van der Waals surface area contributed by atoms with E-state index in [1.54, 1.807) is 15.7 Å². The molecule has 146 valence electrons. The van der Waals surface area contributed by atoms with Crippen LogP contribution in [0.25, 0.3) is 0 Å². The normalized spacial score (nSPS) is 21.6. The van der Waals surface area contributed by atoms with Gasteiger partial charge in [-0.1, -0.05) is 32.6 Å². The predicted molar refractivity (Wildman–Crippen MR) is 99.5 cm³/mol. The van der Waals surface area contributed by atoms with E-state index < -0.39 is 10.2 Å². The summed E-state index contributed by atoms with van der Waals surface area (Å²) in [6.07, 6.45) is 7.43. The fraction of sp³-hybridized carbons (Fsp3) is 0.941. The first-order chi connectivity index (χ1) is 11.9. The SMILES string of the molecule is CCCCNC(=O)CN1CCN(S(=O)(=O)N(C)C2CCCCC2)CC1. The second-order valence-electron chi connectivity index (χ2n) is 7.19. The van der Waals surface area contributed by atoms with Crippen molar-refractivity contribution in [1.29, 1.82) is 0 Å². The quantitative estimate of drug-likeness (QED) is 0.644. The van der Waals surface area contributed by atoms with E-state index in [1.807, 2.05) is 4.90 Å². The molecule has 8 heteroatoms. The molecule has 0 bridgehead atoms. The highest BCUT2D eigenvalue weighted by atomic mass is 32.2. The molecule has 0 radical (unpaired) electrons. The lowest BCUT2D eigenvalue weighted by atomic mass is 9.96. The smallest absolute Gasteiger partial charge is 0.282 e. The van der Waals surface area contributed by atoms with E-state index in [1.165, 1.54) is 6.42 Å². The number of hydrogen-bond donors (Lipinski definition) is 1. The van der Waals surface area contributed by atoms with Crippen LogP contribution in [0, 0.1) is 0 Å². The van der Waals surface area contributed by atoms with Gasteiger partial charge >= 0.3 is 0 Å². The van der Waals surface area contributed by atoms with Crippen molar-refractivity contribution >= 4 is 16.1 Å². The average Bonchev–Trinajstić information content (AvgIpc) is 2.62. The minimum absolute atomic E-state index is 0.0316. The molecule has 2 rings (SSSR count). The lowest BCUT2D eigenvalue weighted by molar-refractivity contribution is -0.122. The molecule has 0 aromatic rings. The first-order valence-corrected chi connectivity index (χ1v) is 11.1. The molecule has 0 atom stereocenters. The van der Waals surface area contributed by atoms with Crippen LogP contribution >= 0.6 is 0 Å². The van der Waals surface area contributed by atoms with E-state index in [2.05, 4.69) is 12.2 Å². The molecule has 2 fully saturated rings. The third-order valence-electron chi connectivity index (χ3n) is 5.33. The Labute approximate surface area is 152 Å². The fourth-order valence-corrected chi connectivity index (χ4v) is 5.17. The van der Waals surface area contributed by atoms with E-state index >= 15 is 0 Å². The average molecular weight is 375 g/mol. The van der Waals surface area contributed by atoms with Gasteiger partial charge in [0.15, 0.2) is 0 Å². The van der Waals surface area contributed by atoms with Crippen LogP contribution in [0.2, 0.25) is 0 Å². The molecule has 7 nitrogen and oxygen atoms in total. The van der Waals surface area contributed by atoms with Crippen molar-refractivity contribution in [1.82, 2.24) is 18.8 Å². The standard InChI is InChI=1S/C17H34N4O3S/c1-3-4-10-18-17(22)15-20-11-13-21(14-12-20)25(23,24)19(2)16-8-6-5-7-9-16/h16H,3-15H2,1-2H3,(H,18,22). The van der Waals surface area contributed by atoms with Gasteiger partial charge in [-0.05, 0) is 19.3 Å². The van der Waals surface area contributed by atoms with Gasteiger partial charge in [0.2, 0.25) is 5.91 Å².